The van der Waals surface area contributed by atoms with Crippen molar-refractivity contribution in [1.29, 1.82) is 0 Å². The van der Waals surface area contributed by atoms with Crippen LogP contribution in [0.15, 0.2) is 10.2 Å². The summed E-state index contributed by atoms with van der Waals surface area (Å²) in [5.41, 5.74) is 0.181. The third-order valence-electron chi connectivity index (χ3n) is 3.02. The van der Waals surface area contributed by atoms with Crippen LogP contribution in [0.4, 0.5) is 0 Å². The molecule has 1 heterocycles. The Kier molecular flexibility index (Phi) is 1.62. The topological polar surface area (TPSA) is 43.2 Å². The Balaban J connectivity index is 2.31. The zero-order chi connectivity index (χ0) is 9.64. The largest absolute Gasteiger partial charge is 0.483 e. The minimum atomic E-state index is 0.181. The van der Waals surface area contributed by atoms with Crippen LogP contribution in [0.3, 0.4) is 0 Å². The zero-order valence-electron chi connectivity index (χ0n) is 8.37. The SMILES string of the molecule is COC1=NN=C(OC)[C@H]2[C@@H]1C2(C)C. The molecule has 13 heavy (non-hydrogen) atoms. The highest BCUT2D eigenvalue weighted by Gasteiger charge is 2.66. The molecule has 2 rings (SSSR count). The van der Waals surface area contributed by atoms with Gasteiger partial charge in [-0.15, -0.1) is 10.2 Å². The predicted octanol–water partition coefficient (Wildman–Crippen LogP) is 1.28. The Morgan fingerprint density at radius 3 is 1.69 bits per heavy atom. The third-order valence-corrected chi connectivity index (χ3v) is 3.02. The summed E-state index contributed by atoms with van der Waals surface area (Å²) in [5, 5.41) is 7.95. The van der Waals surface area contributed by atoms with E-state index >= 15 is 0 Å². The lowest BCUT2D eigenvalue weighted by Gasteiger charge is -2.08. The molecule has 1 fully saturated rings. The minimum absolute atomic E-state index is 0.181. The highest BCUT2D eigenvalue weighted by Crippen LogP contribution is 2.60. The monoisotopic (exact) mass is 182 g/mol. The Bertz CT molecular complexity index is 266. The molecule has 1 aliphatic heterocycles. The van der Waals surface area contributed by atoms with Gasteiger partial charge >= 0.3 is 0 Å². The van der Waals surface area contributed by atoms with E-state index in [1.165, 1.54) is 0 Å². The second-order valence-corrected chi connectivity index (χ2v) is 4.06. The first-order valence-electron chi connectivity index (χ1n) is 4.36. The minimum Gasteiger partial charge on any atom is -0.483 e. The lowest BCUT2D eigenvalue weighted by atomic mass is 10.1. The van der Waals surface area contributed by atoms with Crippen LogP contribution in [0.1, 0.15) is 13.8 Å². The fraction of sp³-hybridized carbons (Fsp3) is 0.778. The maximum atomic E-state index is 5.16. The van der Waals surface area contributed by atoms with Gasteiger partial charge in [0.05, 0.1) is 26.1 Å². The molecule has 4 nitrogen and oxygen atoms in total. The summed E-state index contributed by atoms with van der Waals surface area (Å²) < 4.78 is 10.3. The maximum Gasteiger partial charge on any atom is 0.212 e. The lowest BCUT2D eigenvalue weighted by molar-refractivity contribution is 0.360. The van der Waals surface area contributed by atoms with E-state index in [-0.39, 0.29) is 5.41 Å². The molecule has 2 atom stereocenters. The first kappa shape index (κ1) is 8.53. The van der Waals surface area contributed by atoms with Crippen molar-refractivity contribution in [3.8, 4) is 0 Å². The first-order chi connectivity index (χ1) is 6.12. The Hall–Kier alpha value is -1.06. The molecule has 0 amide bonds. The molecule has 0 spiro atoms. The molecule has 0 N–H and O–H groups in total. The van der Waals surface area contributed by atoms with Gasteiger partial charge in [-0.1, -0.05) is 13.8 Å². The van der Waals surface area contributed by atoms with Crippen molar-refractivity contribution in [1.82, 2.24) is 0 Å². The maximum absolute atomic E-state index is 5.16. The van der Waals surface area contributed by atoms with Gasteiger partial charge in [0.25, 0.3) is 0 Å². The van der Waals surface area contributed by atoms with Gasteiger partial charge in [0.15, 0.2) is 0 Å². The van der Waals surface area contributed by atoms with E-state index < -0.39 is 0 Å². The van der Waals surface area contributed by atoms with Crippen molar-refractivity contribution in [2.45, 2.75) is 13.8 Å². The lowest BCUT2D eigenvalue weighted by Crippen LogP contribution is -2.15. The number of hydrogen-bond donors (Lipinski definition) is 0. The van der Waals surface area contributed by atoms with Gasteiger partial charge in [0, 0.05) is 0 Å². The smallest absolute Gasteiger partial charge is 0.212 e. The zero-order valence-corrected chi connectivity index (χ0v) is 8.37. The van der Waals surface area contributed by atoms with Gasteiger partial charge in [-0.2, -0.15) is 0 Å². The fourth-order valence-corrected chi connectivity index (χ4v) is 2.12. The molecule has 1 aliphatic carbocycles. The van der Waals surface area contributed by atoms with Gasteiger partial charge in [0.2, 0.25) is 11.8 Å². The average Bonchev–Trinajstić information content (AvgIpc) is 2.70. The summed E-state index contributed by atoms with van der Waals surface area (Å²) in [6, 6.07) is 0. The molecule has 2 aliphatic rings. The van der Waals surface area contributed by atoms with Crippen LogP contribution in [0.25, 0.3) is 0 Å². The van der Waals surface area contributed by atoms with Crippen molar-refractivity contribution < 1.29 is 9.47 Å². The van der Waals surface area contributed by atoms with E-state index in [0.717, 1.165) is 11.8 Å². The molecule has 0 aromatic carbocycles. The van der Waals surface area contributed by atoms with Crippen LogP contribution in [0.2, 0.25) is 0 Å². The summed E-state index contributed by atoms with van der Waals surface area (Å²) >= 11 is 0. The molecule has 72 valence electrons. The summed E-state index contributed by atoms with van der Waals surface area (Å²) in [4.78, 5) is 0. The molecule has 1 saturated carbocycles. The average molecular weight is 182 g/mol. The molecule has 0 radical (unpaired) electrons. The molecule has 0 aromatic rings. The summed E-state index contributed by atoms with van der Waals surface area (Å²) in [6.45, 7) is 4.35. The van der Waals surface area contributed by atoms with Gasteiger partial charge in [-0.25, -0.2) is 0 Å². The van der Waals surface area contributed by atoms with Crippen molar-refractivity contribution in [2.24, 2.45) is 27.5 Å². The molecule has 0 saturated heterocycles. The van der Waals surface area contributed by atoms with E-state index in [1.54, 1.807) is 14.2 Å². The van der Waals surface area contributed by atoms with E-state index in [2.05, 4.69) is 24.1 Å². The number of hydrogen-bond acceptors (Lipinski definition) is 4. The number of methoxy groups -OCH3 is 2. The number of fused-ring (bicyclic) bond motifs is 1. The van der Waals surface area contributed by atoms with E-state index in [9.17, 15) is 0 Å². The summed E-state index contributed by atoms with van der Waals surface area (Å²) in [5.74, 6) is 2.17. The van der Waals surface area contributed by atoms with E-state index in [4.69, 9.17) is 9.47 Å². The standard InChI is InChI=1S/C9H14N2O2/c1-9(2)5-6(9)8(13-4)11-10-7(5)12-3/h5-6H,1-4H3/t5-,6+. The van der Waals surface area contributed by atoms with Crippen LogP contribution in [0, 0.1) is 17.3 Å². The highest BCUT2D eigenvalue weighted by molar-refractivity contribution is 5.97. The first-order valence-corrected chi connectivity index (χ1v) is 4.36. The number of rotatable bonds is 0. The van der Waals surface area contributed by atoms with Crippen LogP contribution in [-0.4, -0.2) is 26.0 Å². The fourth-order valence-electron chi connectivity index (χ4n) is 2.12. The van der Waals surface area contributed by atoms with Crippen LogP contribution >= 0.6 is 0 Å². The quantitative estimate of drug-likeness (QED) is 0.566. The molecular weight excluding hydrogens is 168 g/mol. The Morgan fingerprint density at radius 2 is 1.38 bits per heavy atom. The Labute approximate surface area is 77.6 Å². The van der Waals surface area contributed by atoms with Crippen molar-refractivity contribution in [2.75, 3.05) is 14.2 Å². The molecule has 0 bridgehead atoms. The van der Waals surface area contributed by atoms with E-state index in [0.29, 0.717) is 11.8 Å². The Morgan fingerprint density at radius 1 is 1.00 bits per heavy atom. The van der Waals surface area contributed by atoms with Crippen molar-refractivity contribution in [3.05, 3.63) is 0 Å². The van der Waals surface area contributed by atoms with E-state index in [1.807, 2.05) is 0 Å². The molecular formula is C9H14N2O2. The van der Waals surface area contributed by atoms with Crippen LogP contribution in [0.5, 0.6) is 0 Å². The molecule has 0 aromatic heterocycles. The van der Waals surface area contributed by atoms with Gasteiger partial charge in [-0.3, -0.25) is 0 Å². The highest BCUT2D eigenvalue weighted by atomic mass is 16.5. The second-order valence-electron chi connectivity index (χ2n) is 4.06. The van der Waals surface area contributed by atoms with Crippen LogP contribution < -0.4 is 0 Å². The van der Waals surface area contributed by atoms with Gasteiger partial charge < -0.3 is 9.47 Å². The molecule has 4 heteroatoms. The predicted molar refractivity (Wildman–Crippen MR) is 49.6 cm³/mol. The summed E-state index contributed by atoms with van der Waals surface area (Å²) in [7, 11) is 3.27. The summed E-state index contributed by atoms with van der Waals surface area (Å²) in [6.07, 6.45) is 0. The van der Waals surface area contributed by atoms with Gasteiger partial charge in [0.1, 0.15) is 0 Å². The van der Waals surface area contributed by atoms with Crippen molar-refractivity contribution >= 4 is 11.8 Å². The van der Waals surface area contributed by atoms with Gasteiger partial charge in [-0.05, 0) is 5.41 Å². The third kappa shape index (κ3) is 0.975. The number of nitrogens with zero attached hydrogens (tertiary/aromatic N) is 2. The number of ether oxygens (including phenoxy) is 2. The van der Waals surface area contributed by atoms with Crippen molar-refractivity contribution in [3.63, 3.8) is 0 Å². The second kappa shape index (κ2) is 2.47. The molecule has 0 unspecified atom stereocenters. The normalized spacial score (nSPS) is 34.2. The van der Waals surface area contributed by atoms with Crippen LogP contribution in [-0.2, 0) is 9.47 Å².